The van der Waals surface area contributed by atoms with Gasteiger partial charge in [0.2, 0.25) is 17.7 Å². The number of nitrogens with one attached hydrogen (secondary N) is 2. The highest BCUT2D eigenvalue weighted by molar-refractivity contribution is 5.94. The molecule has 0 saturated heterocycles. The van der Waals surface area contributed by atoms with Crippen LogP contribution in [0.4, 0.5) is 0 Å². The number of carboxylic acids is 1. The average Bonchev–Trinajstić information content (AvgIpc) is 2.53. The first-order chi connectivity index (χ1) is 11.7. The van der Waals surface area contributed by atoms with Gasteiger partial charge in [-0.25, -0.2) is 4.79 Å². The summed E-state index contributed by atoms with van der Waals surface area (Å²) in [4.78, 5) is 46.5. The van der Waals surface area contributed by atoms with Crippen LogP contribution in [0.2, 0.25) is 0 Å². The van der Waals surface area contributed by atoms with E-state index in [4.69, 9.17) is 11.5 Å². The first kappa shape index (κ1) is 20.1. The van der Waals surface area contributed by atoms with Gasteiger partial charge in [0.25, 0.3) is 0 Å². The van der Waals surface area contributed by atoms with Crippen molar-refractivity contribution in [1.82, 2.24) is 10.6 Å². The molecule has 0 aliphatic rings. The largest absolute Gasteiger partial charge is 0.480 e. The van der Waals surface area contributed by atoms with Gasteiger partial charge >= 0.3 is 5.97 Å². The van der Waals surface area contributed by atoms with Gasteiger partial charge in [0.15, 0.2) is 0 Å². The molecule has 136 valence electrons. The Balaban J connectivity index is 2.84. The Morgan fingerprint density at radius 1 is 1.04 bits per heavy atom. The molecule has 9 heteroatoms. The third-order valence-corrected chi connectivity index (χ3v) is 3.35. The maximum Gasteiger partial charge on any atom is 0.326 e. The Labute approximate surface area is 144 Å². The van der Waals surface area contributed by atoms with E-state index in [1.165, 1.54) is 6.92 Å². The molecule has 25 heavy (non-hydrogen) atoms. The van der Waals surface area contributed by atoms with Crippen LogP contribution >= 0.6 is 0 Å². The normalized spacial score (nSPS) is 14.0. The zero-order chi connectivity index (χ0) is 19.0. The minimum absolute atomic E-state index is 0.0481. The molecule has 0 heterocycles. The number of rotatable bonds is 9. The highest BCUT2D eigenvalue weighted by Crippen LogP contribution is 2.04. The van der Waals surface area contributed by atoms with E-state index in [0.29, 0.717) is 5.56 Å². The number of hydrogen-bond donors (Lipinski definition) is 5. The molecule has 1 rings (SSSR count). The number of carbonyl (C=O) groups is 4. The topological polar surface area (TPSA) is 165 Å². The summed E-state index contributed by atoms with van der Waals surface area (Å²) in [6.07, 6.45) is -0.422. The number of primary amides is 1. The molecule has 0 aliphatic carbocycles. The number of benzene rings is 1. The third kappa shape index (κ3) is 7.00. The van der Waals surface area contributed by atoms with Crippen molar-refractivity contribution in [2.75, 3.05) is 0 Å². The molecule has 9 nitrogen and oxygen atoms in total. The van der Waals surface area contributed by atoms with E-state index in [0.717, 1.165) is 0 Å². The van der Waals surface area contributed by atoms with Crippen molar-refractivity contribution in [3.8, 4) is 0 Å². The molecule has 0 aromatic heterocycles. The molecule has 0 aliphatic heterocycles. The molecule has 0 fully saturated rings. The highest BCUT2D eigenvalue weighted by Gasteiger charge is 2.28. The summed E-state index contributed by atoms with van der Waals surface area (Å²) in [6.45, 7) is 1.41. The van der Waals surface area contributed by atoms with Crippen LogP contribution in [0.3, 0.4) is 0 Å². The lowest BCUT2D eigenvalue weighted by atomic mass is 10.0. The van der Waals surface area contributed by atoms with Gasteiger partial charge in [0.1, 0.15) is 12.1 Å². The first-order valence-electron chi connectivity index (χ1n) is 7.62. The zero-order valence-electron chi connectivity index (χ0n) is 13.8. The molecule has 0 spiro atoms. The monoisotopic (exact) mass is 350 g/mol. The van der Waals surface area contributed by atoms with Gasteiger partial charge in [-0.05, 0) is 12.5 Å². The predicted octanol–water partition coefficient (Wildman–Crippen LogP) is -1.49. The van der Waals surface area contributed by atoms with Crippen LogP contribution in [0.1, 0.15) is 18.9 Å². The number of hydrogen-bond acceptors (Lipinski definition) is 5. The number of nitrogens with two attached hydrogens (primary N) is 2. The number of amides is 3. The second-order valence-electron chi connectivity index (χ2n) is 5.61. The van der Waals surface area contributed by atoms with E-state index in [1.54, 1.807) is 30.3 Å². The fraction of sp³-hybridized carbons (Fsp3) is 0.375. The Morgan fingerprint density at radius 2 is 1.60 bits per heavy atom. The summed E-state index contributed by atoms with van der Waals surface area (Å²) in [5.41, 5.74) is 11.2. The lowest BCUT2D eigenvalue weighted by Crippen LogP contribution is -2.55. The average molecular weight is 350 g/mol. The molecule has 1 aromatic carbocycles. The van der Waals surface area contributed by atoms with Crippen molar-refractivity contribution < 1.29 is 24.3 Å². The van der Waals surface area contributed by atoms with Gasteiger partial charge in [0.05, 0.1) is 12.5 Å². The SMILES string of the molecule is CC(N)C(=O)NC(CC(N)=O)C(=O)NC(Cc1ccccc1)C(=O)O. The van der Waals surface area contributed by atoms with Gasteiger partial charge in [0, 0.05) is 6.42 Å². The lowest BCUT2D eigenvalue weighted by molar-refractivity contribution is -0.142. The number of carbonyl (C=O) groups excluding carboxylic acids is 3. The summed E-state index contributed by atoms with van der Waals surface area (Å²) in [7, 11) is 0. The van der Waals surface area contributed by atoms with Gasteiger partial charge in [-0.3, -0.25) is 14.4 Å². The molecule has 7 N–H and O–H groups in total. The maximum absolute atomic E-state index is 12.3. The Kier molecular flexibility index (Phi) is 7.54. The van der Waals surface area contributed by atoms with E-state index in [9.17, 15) is 24.3 Å². The van der Waals surface area contributed by atoms with E-state index in [1.807, 2.05) is 0 Å². The minimum atomic E-state index is -1.30. The fourth-order valence-electron chi connectivity index (χ4n) is 2.04. The standard InChI is InChI=1S/C16H22N4O5/c1-9(17)14(22)19-11(8-13(18)21)15(23)20-12(16(24)25)7-10-5-3-2-4-6-10/h2-6,9,11-12H,7-8,17H2,1H3,(H2,18,21)(H,19,22)(H,20,23)(H,24,25). The first-order valence-corrected chi connectivity index (χ1v) is 7.62. The van der Waals surface area contributed by atoms with Crippen molar-refractivity contribution in [2.24, 2.45) is 11.5 Å². The Hall–Kier alpha value is -2.94. The van der Waals surface area contributed by atoms with E-state index < -0.39 is 48.2 Å². The summed E-state index contributed by atoms with van der Waals surface area (Å²) in [5.74, 6) is -3.54. The fourth-order valence-corrected chi connectivity index (χ4v) is 2.04. The summed E-state index contributed by atoms with van der Waals surface area (Å²) in [6, 6.07) is 5.30. The van der Waals surface area contributed by atoms with Crippen molar-refractivity contribution in [2.45, 2.75) is 37.9 Å². The van der Waals surface area contributed by atoms with Crippen LogP contribution in [-0.4, -0.2) is 46.9 Å². The van der Waals surface area contributed by atoms with Crippen LogP contribution in [0.5, 0.6) is 0 Å². The van der Waals surface area contributed by atoms with E-state index in [2.05, 4.69) is 10.6 Å². The number of aliphatic carboxylic acids is 1. The highest BCUT2D eigenvalue weighted by atomic mass is 16.4. The van der Waals surface area contributed by atoms with Gasteiger partial charge < -0.3 is 27.2 Å². The third-order valence-electron chi connectivity index (χ3n) is 3.35. The van der Waals surface area contributed by atoms with Gasteiger partial charge in [-0.1, -0.05) is 30.3 Å². The quantitative estimate of drug-likeness (QED) is 0.364. The van der Waals surface area contributed by atoms with Gasteiger partial charge in [-0.2, -0.15) is 0 Å². The summed E-state index contributed by atoms with van der Waals surface area (Å²) in [5, 5.41) is 13.9. The lowest BCUT2D eigenvalue weighted by Gasteiger charge is -2.21. The predicted molar refractivity (Wildman–Crippen MR) is 89.1 cm³/mol. The molecule has 3 amide bonds. The van der Waals surface area contributed by atoms with Crippen molar-refractivity contribution in [3.63, 3.8) is 0 Å². The second kappa shape index (κ2) is 9.38. The molecule has 0 bridgehead atoms. The van der Waals surface area contributed by atoms with Gasteiger partial charge in [-0.15, -0.1) is 0 Å². The van der Waals surface area contributed by atoms with Crippen LogP contribution in [0, 0.1) is 0 Å². The second-order valence-corrected chi connectivity index (χ2v) is 5.61. The van der Waals surface area contributed by atoms with Crippen molar-refractivity contribution in [3.05, 3.63) is 35.9 Å². The van der Waals surface area contributed by atoms with E-state index >= 15 is 0 Å². The Morgan fingerprint density at radius 3 is 2.08 bits per heavy atom. The molecular formula is C16H22N4O5. The van der Waals surface area contributed by atoms with Crippen molar-refractivity contribution >= 4 is 23.7 Å². The minimum Gasteiger partial charge on any atom is -0.480 e. The van der Waals surface area contributed by atoms with Crippen LogP contribution < -0.4 is 22.1 Å². The van der Waals surface area contributed by atoms with Crippen LogP contribution in [0.25, 0.3) is 0 Å². The zero-order valence-corrected chi connectivity index (χ0v) is 13.8. The number of carboxylic acid groups (broad SMARTS) is 1. The maximum atomic E-state index is 12.3. The van der Waals surface area contributed by atoms with E-state index in [-0.39, 0.29) is 6.42 Å². The van der Waals surface area contributed by atoms with Crippen LogP contribution in [-0.2, 0) is 25.6 Å². The molecule has 1 aromatic rings. The molecule has 3 atom stereocenters. The summed E-state index contributed by atoms with van der Waals surface area (Å²) >= 11 is 0. The molecule has 3 unspecified atom stereocenters. The Bertz CT molecular complexity index is 633. The van der Waals surface area contributed by atoms with Crippen LogP contribution in [0.15, 0.2) is 30.3 Å². The molecule has 0 radical (unpaired) electrons. The van der Waals surface area contributed by atoms with Crippen molar-refractivity contribution in [1.29, 1.82) is 0 Å². The smallest absolute Gasteiger partial charge is 0.326 e. The molecular weight excluding hydrogens is 328 g/mol. The molecule has 0 saturated carbocycles. The summed E-state index contributed by atoms with van der Waals surface area (Å²) < 4.78 is 0.